The number of carbonyl (C=O) groups is 1. The van der Waals surface area contributed by atoms with Crippen LogP contribution < -0.4 is 11.1 Å². The minimum Gasteiger partial charge on any atom is -0.321 e. The molecule has 0 bridgehead atoms. The van der Waals surface area contributed by atoms with Gasteiger partial charge in [0.15, 0.2) is 5.78 Å². The third-order valence-corrected chi connectivity index (χ3v) is 5.76. The van der Waals surface area contributed by atoms with Gasteiger partial charge in [-0.15, -0.1) is 0 Å². The van der Waals surface area contributed by atoms with E-state index in [1.54, 1.807) is 6.07 Å². The van der Waals surface area contributed by atoms with Crippen LogP contribution in [0.15, 0.2) is 94.5 Å². The maximum Gasteiger partial charge on any atom is 0.260 e. The van der Waals surface area contributed by atoms with Gasteiger partial charge in [0.25, 0.3) is 11.1 Å². The van der Waals surface area contributed by atoms with E-state index in [1.807, 2.05) is 79.7 Å². The van der Waals surface area contributed by atoms with Gasteiger partial charge < -0.3 is 9.97 Å². The zero-order chi connectivity index (χ0) is 22.9. The Morgan fingerprint density at radius 3 is 2.39 bits per heavy atom. The van der Waals surface area contributed by atoms with E-state index in [9.17, 15) is 14.4 Å². The molecule has 0 saturated carbocycles. The van der Waals surface area contributed by atoms with Crippen LogP contribution in [0.3, 0.4) is 0 Å². The quantitative estimate of drug-likeness (QED) is 0.301. The molecule has 5 heteroatoms. The van der Waals surface area contributed by atoms with Crippen LogP contribution in [0.4, 0.5) is 0 Å². The number of allylic oxidation sites excluding steroid dienone is 1. The van der Waals surface area contributed by atoms with Crippen molar-refractivity contribution in [3.63, 3.8) is 0 Å². The second kappa shape index (κ2) is 8.20. The molecule has 0 amide bonds. The van der Waals surface area contributed by atoms with E-state index in [1.165, 1.54) is 12.2 Å². The standard InChI is InChI=1S/C28H20N2O3/c1-17-8-7-11-19-16-20(27(32)30-26(17)19)14-15-23(31)25-24(18-9-3-2-4-10-18)21-12-5-6-13-22(21)29-28(25)33/h2-16H,1H3,(H,29,33)(H,30,32). The highest BCUT2D eigenvalue weighted by Gasteiger charge is 2.19. The Morgan fingerprint density at radius 2 is 1.58 bits per heavy atom. The number of hydrogen-bond donors (Lipinski definition) is 2. The Kier molecular flexibility index (Phi) is 5.07. The molecule has 0 radical (unpaired) electrons. The molecule has 0 aliphatic heterocycles. The fourth-order valence-electron chi connectivity index (χ4n) is 4.16. The van der Waals surface area contributed by atoms with Crippen LogP contribution in [0.25, 0.3) is 39.0 Å². The van der Waals surface area contributed by atoms with Crippen molar-refractivity contribution < 1.29 is 4.79 Å². The highest BCUT2D eigenvalue weighted by atomic mass is 16.1. The second-order valence-electron chi connectivity index (χ2n) is 7.91. The van der Waals surface area contributed by atoms with Crippen molar-refractivity contribution >= 4 is 33.7 Å². The first-order valence-corrected chi connectivity index (χ1v) is 10.6. The Bertz CT molecular complexity index is 1680. The lowest BCUT2D eigenvalue weighted by Gasteiger charge is -2.11. The van der Waals surface area contributed by atoms with Gasteiger partial charge in [0.05, 0.1) is 11.1 Å². The summed E-state index contributed by atoms with van der Waals surface area (Å²) in [6.45, 7) is 1.93. The van der Waals surface area contributed by atoms with Crippen LogP contribution in [-0.4, -0.2) is 15.8 Å². The molecule has 0 aliphatic rings. The molecule has 2 aromatic heterocycles. The van der Waals surface area contributed by atoms with Gasteiger partial charge in [0, 0.05) is 22.0 Å². The summed E-state index contributed by atoms with van der Waals surface area (Å²) in [6.07, 6.45) is 2.75. The Morgan fingerprint density at radius 1 is 0.818 bits per heavy atom. The number of aromatic nitrogens is 2. The highest BCUT2D eigenvalue weighted by Crippen LogP contribution is 2.29. The van der Waals surface area contributed by atoms with Gasteiger partial charge in [-0.25, -0.2) is 0 Å². The molecule has 5 rings (SSSR count). The summed E-state index contributed by atoms with van der Waals surface area (Å²) in [6, 6.07) is 24.2. The zero-order valence-electron chi connectivity index (χ0n) is 17.9. The van der Waals surface area contributed by atoms with Gasteiger partial charge in [-0.05, 0) is 47.7 Å². The SMILES string of the molecule is Cc1cccc2cc(C=CC(=O)c3c(-c4ccccc4)c4ccccc4[nH]c3=O)c(=O)[nH]c12. The third-order valence-electron chi connectivity index (χ3n) is 5.76. The number of fused-ring (bicyclic) bond motifs is 2. The van der Waals surface area contributed by atoms with Crippen LogP contribution in [0, 0.1) is 6.92 Å². The van der Waals surface area contributed by atoms with E-state index in [0.29, 0.717) is 16.6 Å². The molecule has 160 valence electrons. The first-order chi connectivity index (χ1) is 16.0. The topological polar surface area (TPSA) is 82.8 Å². The molecule has 2 N–H and O–H groups in total. The van der Waals surface area contributed by atoms with Crippen molar-refractivity contribution in [3.05, 3.63) is 122 Å². The second-order valence-corrected chi connectivity index (χ2v) is 7.91. The lowest BCUT2D eigenvalue weighted by atomic mass is 9.94. The lowest BCUT2D eigenvalue weighted by molar-refractivity contribution is 0.104. The van der Waals surface area contributed by atoms with E-state index in [2.05, 4.69) is 9.97 Å². The summed E-state index contributed by atoms with van der Waals surface area (Å²) in [5.41, 5.74) is 3.37. The molecule has 5 aromatic rings. The largest absolute Gasteiger partial charge is 0.321 e. The Hall–Kier alpha value is -4.51. The fraction of sp³-hybridized carbons (Fsp3) is 0.0357. The number of ketones is 1. The van der Waals surface area contributed by atoms with Gasteiger partial charge in [0.1, 0.15) is 0 Å². The van der Waals surface area contributed by atoms with Crippen molar-refractivity contribution in [2.75, 3.05) is 0 Å². The number of para-hydroxylation sites is 2. The highest BCUT2D eigenvalue weighted by molar-refractivity contribution is 6.15. The van der Waals surface area contributed by atoms with Crippen molar-refractivity contribution in [2.24, 2.45) is 0 Å². The van der Waals surface area contributed by atoms with Crippen molar-refractivity contribution in [3.8, 4) is 11.1 Å². The van der Waals surface area contributed by atoms with Gasteiger partial charge in [-0.2, -0.15) is 0 Å². The first kappa shape index (κ1) is 20.4. The molecule has 0 spiro atoms. The molecule has 0 unspecified atom stereocenters. The predicted molar refractivity (Wildman–Crippen MR) is 133 cm³/mol. The summed E-state index contributed by atoms with van der Waals surface area (Å²) in [4.78, 5) is 44.5. The van der Waals surface area contributed by atoms with Gasteiger partial charge in [-0.3, -0.25) is 14.4 Å². The lowest BCUT2D eigenvalue weighted by Crippen LogP contribution is -2.19. The molecule has 33 heavy (non-hydrogen) atoms. The predicted octanol–water partition coefficient (Wildman–Crippen LogP) is 5.24. The minimum atomic E-state index is -0.468. The molecular formula is C28H20N2O3. The molecule has 3 aromatic carbocycles. The average Bonchev–Trinajstić information content (AvgIpc) is 2.83. The van der Waals surface area contributed by atoms with E-state index in [4.69, 9.17) is 0 Å². The smallest absolute Gasteiger partial charge is 0.260 e. The monoisotopic (exact) mass is 432 g/mol. The average molecular weight is 432 g/mol. The third kappa shape index (κ3) is 3.70. The van der Waals surface area contributed by atoms with E-state index in [-0.39, 0.29) is 11.1 Å². The van der Waals surface area contributed by atoms with Crippen molar-refractivity contribution in [2.45, 2.75) is 6.92 Å². The molecule has 2 heterocycles. The molecule has 0 aliphatic carbocycles. The number of rotatable bonds is 4. The van der Waals surface area contributed by atoms with Gasteiger partial charge in [0.2, 0.25) is 0 Å². The number of pyridine rings is 2. The number of aromatic amines is 2. The Labute approximate surface area is 189 Å². The number of hydrogen-bond acceptors (Lipinski definition) is 3. The van der Waals surface area contributed by atoms with E-state index in [0.717, 1.165) is 27.4 Å². The molecule has 0 saturated heterocycles. The van der Waals surface area contributed by atoms with Gasteiger partial charge in [-0.1, -0.05) is 66.7 Å². The normalized spacial score (nSPS) is 11.4. The van der Waals surface area contributed by atoms with E-state index < -0.39 is 11.3 Å². The molecule has 5 nitrogen and oxygen atoms in total. The van der Waals surface area contributed by atoms with Crippen molar-refractivity contribution in [1.82, 2.24) is 9.97 Å². The number of nitrogens with one attached hydrogen (secondary N) is 2. The molecular weight excluding hydrogens is 412 g/mol. The number of carbonyl (C=O) groups excluding carboxylic acids is 1. The van der Waals surface area contributed by atoms with Crippen LogP contribution in [0.1, 0.15) is 21.5 Å². The van der Waals surface area contributed by atoms with E-state index >= 15 is 0 Å². The van der Waals surface area contributed by atoms with Crippen molar-refractivity contribution in [1.29, 1.82) is 0 Å². The minimum absolute atomic E-state index is 0.0456. The summed E-state index contributed by atoms with van der Waals surface area (Å²) >= 11 is 0. The van der Waals surface area contributed by atoms with Crippen LogP contribution in [-0.2, 0) is 0 Å². The summed E-state index contributed by atoms with van der Waals surface area (Å²) in [7, 11) is 0. The maximum absolute atomic E-state index is 13.3. The summed E-state index contributed by atoms with van der Waals surface area (Å²) in [5, 5.41) is 1.65. The number of benzene rings is 3. The summed E-state index contributed by atoms with van der Waals surface area (Å²) in [5.74, 6) is -0.468. The Balaban J connectivity index is 1.65. The maximum atomic E-state index is 13.3. The van der Waals surface area contributed by atoms with Gasteiger partial charge >= 0.3 is 0 Å². The number of aryl methyl sites for hydroxylation is 1. The number of H-pyrrole nitrogens is 2. The molecule has 0 fully saturated rings. The summed E-state index contributed by atoms with van der Waals surface area (Å²) < 4.78 is 0. The first-order valence-electron chi connectivity index (χ1n) is 10.6. The van der Waals surface area contributed by atoms with Crippen LogP contribution in [0.5, 0.6) is 0 Å². The van der Waals surface area contributed by atoms with Crippen LogP contribution >= 0.6 is 0 Å². The fourth-order valence-corrected chi connectivity index (χ4v) is 4.16. The van der Waals surface area contributed by atoms with Crippen LogP contribution in [0.2, 0.25) is 0 Å². The molecule has 0 atom stereocenters. The zero-order valence-corrected chi connectivity index (χ0v) is 17.9.